The first-order chi connectivity index (χ1) is 11.9. The van der Waals surface area contributed by atoms with E-state index in [1.807, 2.05) is 13.0 Å². The summed E-state index contributed by atoms with van der Waals surface area (Å²) in [7, 11) is 0. The Morgan fingerprint density at radius 1 is 1.08 bits per heavy atom. The van der Waals surface area contributed by atoms with E-state index in [-0.39, 0.29) is 12.4 Å². The second-order valence-electron chi connectivity index (χ2n) is 6.20. The molecule has 2 aliphatic rings. The monoisotopic (exact) mass is 339 g/mol. The molecule has 2 N–H and O–H groups in total. The molecule has 2 aromatic carbocycles. The van der Waals surface area contributed by atoms with Crippen molar-refractivity contribution < 1.29 is 18.8 Å². The Morgan fingerprint density at radius 2 is 1.80 bits per heavy atom. The Morgan fingerprint density at radius 3 is 2.44 bits per heavy atom. The number of anilines is 1. The van der Waals surface area contributed by atoms with Gasteiger partial charge in [-0.2, -0.15) is 0 Å². The molecule has 2 heterocycles. The summed E-state index contributed by atoms with van der Waals surface area (Å²) in [6, 6.07) is 10.4. The highest BCUT2D eigenvalue weighted by atomic mass is 19.1. The van der Waals surface area contributed by atoms with Crippen molar-refractivity contribution in [2.75, 3.05) is 4.90 Å². The van der Waals surface area contributed by atoms with Crippen LogP contribution in [-0.2, 0) is 21.7 Å². The van der Waals surface area contributed by atoms with Crippen molar-refractivity contribution in [3.05, 3.63) is 65.0 Å². The molecule has 4 amide bonds. The van der Waals surface area contributed by atoms with Crippen LogP contribution < -0.4 is 15.5 Å². The molecule has 0 radical (unpaired) electrons. The number of rotatable bonds is 2. The minimum atomic E-state index is -1.74. The number of hydrogen-bond donors (Lipinski definition) is 2. The number of halogens is 1. The van der Waals surface area contributed by atoms with E-state index in [0.717, 1.165) is 5.56 Å². The van der Waals surface area contributed by atoms with Gasteiger partial charge < -0.3 is 10.2 Å². The predicted octanol–water partition coefficient (Wildman–Crippen LogP) is 1.72. The van der Waals surface area contributed by atoms with Crippen LogP contribution in [0.15, 0.2) is 42.5 Å². The number of urea groups is 1. The fourth-order valence-corrected chi connectivity index (χ4v) is 3.34. The molecule has 1 saturated heterocycles. The molecule has 0 bridgehead atoms. The SMILES string of the molecule is Cc1ccc2c(c1)C1(NC(=O)NC1=O)C(=O)N2Cc1ccc(F)cc1. The summed E-state index contributed by atoms with van der Waals surface area (Å²) in [4.78, 5) is 38.7. The largest absolute Gasteiger partial charge is 0.323 e. The quantitative estimate of drug-likeness (QED) is 0.646. The van der Waals surface area contributed by atoms with Crippen molar-refractivity contribution in [2.24, 2.45) is 0 Å². The molecule has 0 saturated carbocycles. The summed E-state index contributed by atoms with van der Waals surface area (Å²) >= 11 is 0. The molecule has 4 rings (SSSR count). The second kappa shape index (κ2) is 5.14. The van der Waals surface area contributed by atoms with Crippen LogP contribution in [0.25, 0.3) is 0 Å². The van der Waals surface area contributed by atoms with Gasteiger partial charge in [0.1, 0.15) is 5.82 Å². The number of benzene rings is 2. The molecule has 2 aliphatic heterocycles. The van der Waals surface area contributed by atoms with Crippen molar-refractivity contribution in [2.45, 2.75) is 19.0 Å². The number of imide groups is 1. The topological polar surface area (TPSA) is 78.5 Å². The van der Waals surface area contributed by atoms with Gasteiger partial charge in [-0.25, -0.2) is 9.18 Å². The number of nitrogens with one attached hydrogen (secondary N) is 2. The van der Waals surface area contributed by atoms with Gasteiger partial charge in [-0.05, 0) is 30.7 Å². The molecular formula is C18H14FN3O3. The van der Waals surface area contributed by atoms with Crippen LogP contribution in [-0.4, -0.2) is 17.8 Å². The average Bonchev–Trinajstić information content (AvgIpc) is 2.99. The summed E-state index contributed by atoms with van der Waals surface area (Å²) in [5.41, 5.74) is 0.838. The van der Waals surface area contributed by atoms with Gasteiger partial charge in [-0.3, -0.25) is 14.9 Å². The Labute approximate surface area is 142 Å². The minimum Gasteiger partial charge on any atom is -0.312 e. The van der Waals surface area contributed by atoms with Gasteiger partial charge in [0.15, 0.2) is 0 Å². The number of carbonyl (C=O) groups is 3. The molecular weight excluding hydrogens is 325 g/mol. The fraction of sp³-hybridized carbons (Fsp3) is 0.167. The van der Waals surface area contributed by atoms with E-state index < -0.39 is 23.4 Å². The molecule has 6 nitrogen and oxygen atoms in total. The van der Waals surface area contributed by atoms with Crippen molar-refractivity contribution in [1.29, 1.82) is 0 Å². The summed E-state index contributed by atoms with van der Waals surface area (Å²) in [5.74, 6) is -1.58. The van der Waals surface area contributed by atoms with Crippen molar-refractivity contribution in [3.8, 4) is 0 Å². The molecule has 25 heavy (non-hydrogen) atoms. The Bertz CT molecular complexity index is 926. The van der Waals surface area contributed by atoms with Gasteiger partial charge in [-0.1, -0.05) is 29.8 Å². The van der Waals surface area contributed by atoms with Gasteiger partial charge in [0, 0.05) is 5.56 Å². The van der Waals surface area contributed by atoms with E-state index in [0.29, 0.717) is 16.8 Å². The van der Waals surface area contributed by atoms with Crippen LogP contribution in [0.5, 0.6) is 0 Å². The standard InChI is InChI=1S/C18H14FN3O3/c1-10-2-7-14-13(8-10)18(15(23)20-17(25)21-18)16(24)22(14)9-11-3-5-12(19)6-4-11/h2-8H,9H2,1H3,(H2,20,21,23,25). The maximum atomic E-state index is 13.1. The molecule has 1 fully saturated rings. The highest BCUT2D eigenvalue weighted by molar-refractivity contribution is 6.27. The number of carbonyl (C=O) groups excluding carboxylic acids is 3. The number of hydrogen-bond acceptors (Lipinski definition) is 3. The van der Waals surface area contributed by atoms with E-state index in [1.165, 1.54) is 17.0 Å². The van der Waals surface area contributed by atoms with Gasteiger partial charge in [0.2, 0.25) is 5.54 Å². The second-order valence-corrected chi connectivity index (χ2v) is 6.20. The lowest BCUT2D eigenvalue weighted by atomic mass is 9.90. The van der Waals surface area contributed by atoms with E-state index in [2.05, 4.69) is 10.6 Å². The zero-order valence-electron chi connectivity index (χ0n) is 13.3. The van der Waals surface area contributed by atoms with E-state index in [1.54, 1.807) is 24.3 Å². The van der Waals surface area contributed by atoms with E-state index in [9.17, 15) is 18.8 Å². The summed E-state index contributed by atoms with van der Waals surface area (Å²) < 4.78 is 13.1. The van der Waals surface area contributed by atoms with Gasteiger partial charge in [0.05, 0.1) is 12.2 Å². The third kappa shape index (κ3) is 2.12. The molecule has 1 atom stereocenters. The Kier molecular flexibility index (Phi) is 3.15. The average molecular weight is 339 g/mol. The maximum Gasteiger partial charge on any atom is 0.323 e. The first-order valence-corrected chi connectivity index (χ1v) is 7.73. The lowest BCUT2D eigenvalue weighted by Gasteiger charge is -2.21. The van der Waals surface area contributed by atoms with E-state index in [4.69, 9.17) is 0 Å². The minimum absolute atomic E-state index is 0.167. The smallest absolute Gasteiger partial charge is 0.312 e. The zero-order chi connectivity index (χ0) is 17.8. The van der Waals surface area contributed by atoms with Crippen LogP contribution in [0.4, 0.5) is 14.9 Å². The van der Waals surface area contributed by atoms with Crippen LogP contribution in [0.1, 0.15) is 16.7 Å². The Balaban J connectivity index is 1.82. The van der Waals surface area contributed by atoms with Crippen molar-refractivity contribution >= 4 is 23.5 Å². The summed E-state index contributed by atoms with van der Waals surface area (Å²) in [6.07, 6.45) is 0. The van der Waals surface area contributed by atoms with Crippen LogP contribution in [0.2, 0.25) is 0 Å². The molecule has 2 aromatic rings. The number of amides is 4. The first-order valence-electron chi connectivity index (χ1n) is 7.73. The van der Waals surface area contributed by atoms with Crippen LogP contribution in [0, 0.1) is 12.7 Å². The highest BCUT2D eigenvalue weighted by Crippen LogP contribution is 2.43. The van der Waals surface area contributed by atoms with Gasteiger partial charge in [0.25, 0.3) is 11.8 Å². The Hall–Kier alpha value is -3.22. The normalized spacial score (nSPS) is 21.5. The van der Waals surface area contributed by atoms with Gasteiger partial charge in [-0.15, -0.1) is 0 Å². The van der Waals surface area contributed by atoms with Crippen molar-refractivity contribution in [3.63, 3.8) is 0 Å². The number of aryl methyl sites for hydroxylation is 1. The number of fused-ring (bicyclic) bond motifs is 2. The third-order valence-corrected chi connectivity index (χ3v) is 4.54. The molecule has 7 heteroatoms. The summed E-state index contributed by atoms with van der Waals surface area (Å²) in [6.45, 7) is 2.01. The fourth-order valence-electron chi connectivity index (χ4n) is 3.34. The third-order valence-electron chi connectivity index (χ3n) is 4.54. The summed E-state index contributed by atoms with van der Waals surface area (Å²) in [5, 5.41) is 4.63. The van der Waals surface area contributed by atoms with Gasteiger partial charge >= 0.3 is 6.03 Å². The van der Waals surface area contributed by atoms with Crippen LogP contribution in [0.3, 0.4) is 0 Å². The highest BCUT2D eigenvalue weighted by Gasteiger charge is 2.61. The van der Waals surface area contributed by atoms with Crippen molar-refractivity contribution in [1.82, 2.24) is 10.6 Å². The molecule has 0 aromatic heterocycles. The predicted molar refractivity (Wildman–Crippen MR) is 87.1 cm³/mol. The van der Waals surface area contributed by atoms with E-state index >= 15 is 0 Å². The first kappa shape index (κ1) is 15.3. The molecule has 0 aliphatic carbocycles. The maximum absolute atomic E-state index is 13.1. The molecule has 126 valence electrons. The molecule has 1 unspecified atom stereocenters. The zero-order valence-corrected chi connectivity index (χ0v) is 13.3. The molecule has 1 spiro atoms. The lowest BCUT2D eigenvalue weighted by molar-refractivity contribution is -0.134. The number of nitrogens with zero attached hydrogens (tertiary/aromatic N) is 1. The van der Waals surface area contributed by atoms with Crippen LogP contribution >= 0.6 is 0 Å². The lowest BCUT2D eigenvalue weighted by Crippen LogP contribution is -2.52.